The van der Waals surface area contributed by atoms with Gasteiger partial charge in [-0.3, -0.25) is 9.28 Å². The van der Waals surface area contributed by atoms with Gasteiger partial charge in [0.05, 0.1) is 19.6 Å². The molecule has 2 N–H and O–H groups in total. The topological polar surface area (TPSA) is 107 Å². The number of hydrogen-bond acceptors (Lipinski definition) is 8. The molecule has 0 radical (unpaired) electrons. The predicted octanol–water partition coefficient (Wildman–Crippen LogP) is 7.29. The van der Waals surface area contributed by atoms with Crippen LogP contribution in [0, 0.1) is 0 Å². The number of carbonyl (C=O) groups excluding carboxylic acids is 1. The Hall–Kier alpha value is -1.37. The van der Waals surface area contributed by atoms with Gasteiger partial charge in [0.25, 0.3) is 0 Å². The van der Waals surface area contributed by atoms with Gasteiger partial charge in [-0.2, -0.15) is 4.98 Å². The van der Waals surface area contributed by atoms with Gasteiger partial charge in [-0.1, -0.05) is 71.1 Å². The highest BCUT2D eigenvalue weighted by Crippen LogP contribution is 2.28. The summed E-state index contributed by atoms with van der Waals surface area (Å²) in [4.78, 5) is 26.0. The first-order chi connectivity index (χ1) is 21.4. The zero-order chi connectivity index (χ0) is 31.9. The number of unbranched alkanes of at least 4 members (excludes halogenated alkanes) is 12. The number of carbonyl (C=O) groups is 1. The van der Waals surface area contributed by atoms with Crippen molar-refractivity contribution in [2.75, 3.05) is 59.4 Å². The summed E-state index contributed by atoms with van der Waals surface area (Å²) < 4.78 is 17.3. The van der Waals surface area contributed by atoms with Gasteiger partial charge in [0.1, 0.15) is 0 Å². The van der Waals surface area contributed by atoms with Crippen LogP contribution in [0.3, 0.4) is 0 Å². The fourth-order valence-electron chi connectivity index (χ4n) is 6.14. The Bertz CT molecular complexity index is 897. The lowest BCUT2D eigenvalue weighted by Crippen LogP contribution is -2.48. The van der Waals surface area contributed by atoms with Crippen molar-refractivity contribution in [3.63, 3.8) is 0 Å². The first-order valence-corrected chi connectivity index (χ1v) is 19.7. The molecule has 1 amide bonds. The summed E-state index contributed by atoms with van der Waals surface area (Å²) >= 11 is 6.36. The minimum Gasteiger partial charge on any atom is -0.377 e. The molecule has 1 aromatic rings. The highest BCUT2D eigenvalue weighted by molar-refractivity contribution is 6.60. The van der Waals surface area contributed by atoms with E-state index in [0.717, 1.165) is 81.6 Å². The fraction of sp³-hybridized carbons (Fsp3) is 0.875. The number of nitrogens with zero attached hydrogens (tertiary/aromatic N) is 4. The van der Waals surface area contributed by atoms with Crippen molar-refractivity contribution in [3.05, 3.63) is 5.28 Å². The second-order valence-electron chi connectivity index (χ2n) is 12.3. The van der Waals surface area contributed by atoms with E-state index in [1.165, 1.54) is 64.2 Å². The lowest BCUT2D eigenvalue weighted by atomic mass is 10.1. The lowest BCUT2D eigenvalue weighted by molar-refractivity contribution is -0.121. The van der Waals surface area contributed by atoms with Crippen LogP contribution in [0.25, 0.3) is 0 Å². The van der Waals surface area contributed by atoms with Crippen LogP contribution in [0.2, 0.25) is 11.3 Å². The smallest absolute Gasteiger partial charge is 0.377 e. The van der Waals surface area contributed by atoms with Crippen LogP contribution in [-0.2, 0) is 18.1 Å². The van der Waals surface area contributed by atoms with E-state index >= 15 is 0 Å². The van der Waals surface area contributed by atoms with Crippen LogP contribution >= 0.6 is 11.6 Å². The quantitative estimate of drug-likeness (QED) is 0.0577. The molecule has 0 atom stereocenters. The summed E-state index contributed by atoms with van der Waals surface area (Å²) in [6, 6.07) is 0.689. The summed E-state index contributed by atoms with van der Waals surface area (Å²) in [5.41, 5.74) is 0. The number of likely N-dealkylation sites (tertiary alicyclic amines) is 1. The van der Waals surface area contributed by atoms with E-state index in [-0.39, 0.29) is 11.2 Å². The third-order valence-electron chi connectivity index (χ3n) is 8.91. The molecule has 0 aliphatic carbocycles. The van der Waals surface area contributed by atoms with Gasteiger partial charge in [-0.05, 0) is 43.7 Å². The lowest BCUT2D eigenvalue weighted by Gasteiger charge is -2.31. The Morgan fingerprint density at radius 3 is 1.98 bits per heavy atom. The van der Waals surface area contributed by atoms with Crippen molar-refractivity contribution in [2.24, 2.45) is 0 Å². The minimum atomic E-state index is -2.60. The number of nitrogens with one attached hydrogen (secondary N) is 2. The molecule has 0 unspecified atom stereocenters. The normalized spacial score (nSPS) is 14.7. The Morgan fingerprint density at radius 1 is 0.773 bits per heavy atom. The first kappa shape index (κ1) is 38.8. The molecule has 2 rings (SSSR count). The van der Waals surface area contributed by atoms with Gasteiger partial charge >= 0.3 is 14.8 Å². The molecule has 44 heavy (non-hydrogen) atoms. The number of halogens is 1. The van der Waals surface area contributed by atoms with E-state index in [0.29, 0.717) is 25.0 Å². The summed E-state index contributed by atoms with van der Waals surface area (Å²) in [6.07, 6.45) is 21.2. The molecule has 254 valence electrons. The number of rotatable bonds is 27. The fourth-order valence-corrected chi connectivity index (χ4v) is 8.02. The third-order valence-corrected chi connectivity index (χ3v) is 11.9. The zero-order valence-corrected chi connectivity index (χ0v) is 30.0. The molecule has 1 saturated heterocycles. The minimum absolute atomic E-state index is 0.198. The average Bonchev–Trinajstić information content (AvgIpc) is 3.52. The Labute approximate surface area is 273 Å². The van der Waals surface area contributed by atoms with E-state index in [2.05, 4.69) is 27.5 Å². The second kappa shape index (κ2) is 23.0. The van der Waals surface area contributed by atoms with Gasteiger partial charge in [0, 0.05) is 59.7 Å². The molecule has 1 aliphatic rings. The number of hydrogen-bond donors (Lipinski definition) is 2. The van der Waals surface area contributed by atoms with Gasteiger partial charge in [0.2, 0.25) is 17.1 Å². The SMILES string of the molecule is CCCCCCCCCCCCCC(=O)NCCCCC[N+]1(c2nc(Cl)nc(NCCC[Si](OC)(OC)OC)n2)CCCC1. The van der Waals surface area contributed by atoms with E-state index < -0.39 is 8.80 Å². The molecule has 12 heteroatoms. The molecule has 1 aliphatic heterocycles. The highest BCUT2D eigenvalue weighted by Gasteiger charge is 2.38. The van der Waals surface area contributed by atoms with Crippen molar-refractivity contribution in [1.82, 2.24) is 24.8 Å². The molecule has 10 nitrogen and oxygen atoms in total. The monoisotopic (exact) mass is 657 g/mol. The summed E-state index contributed by atoms with van der Waals surface area (Å²) in [7, 11) is 2.27. The number of anilines is 1. The third kappa shape index (κ3) is 14.8. The van der Waals surface area contributed by atoms with Crippen molar-refractivity contribution in [2.45, 2.75) is 129 Å². The molecule has 2 heterocycles. The molecule has 1 aromatic heterocycles. The van der Waals surface area contributed by atoms with Gasteiger partial charge < -0.3 is 23.9 Å². The van der Waals surface area contributed by atoms with Crippen molar-refractivity contribution in [3.8, 4) is 0 Å². The Kier molecular flexibility index (Phi) is 20.3. The van der Waals surface area contributed by atoms with E-state index in [1.54, 1.807) is 21.3 Å². The maximum atomic E-state index is 12.3. The van der Waals surface area contributed by atoms with Crippen molar-refractivity contribution >= 4 is 38.2 Å². The molecular formula is C32H62ClN6O4Si+. The summed E-state index contributed by atoms with van der Waals surface area (Å²) in [6.45, 7) is 6.66. The standard InChI is InChI=1S/C32H61ClN6O4Si/c1-5-6-7-8-9-10-11-12-13-14-16-22-29(40)34-23-17-15-18-25-39(26-19-20-27-39)32-37-30(33)36-31(38-32)35-24-21-28-44(41-2,42-3)43-4/h5-28H2,1-4H3,(H-,34,35,36,37,38,40)/p+1. The summed E-state index contributed by atoms with van der Waals surface area (Å²) in [5.74, 6) is 1.45. The largest absolute Gasteiger partial charge is 0.500 e. The predicted molar refractivity (Wildman–Crippen MR) is 183 cm³/mol. The molecule has 0 bridgehead atoms. The Morgan fingerprint density at radius 2 is 1.36 bits per heavy atom. The second-order valence-corrected chi connectivity index (χ2v) is 15.7. The average molecular weight is 658 g/mol. The van der Waals surface area contributed by atoms with Crippen LogP contribution in [0.1, 0.15) is 122 Å². The summed E-state index contributed by atoms with van der Waals surface area (Å²) in [5, 5.41) is 6.64. The van der Waals surface area contributed by atoms with Crippen LogP contribution in [-0.4, -0.2) is 83.7 Å². The van der Waals surface area contributed by atoms with E-state index in [1.807, 2.05) is 0 Å². The highest BCUT2D eigenvalue weighted by atomic mass is 35.5. The number of aromatic nitrogens is 3. The van der Waals surface area contributed by atoms with Crippen LogP contribution in [0.15, 0.2) is 0 Å². The molecule has 0 aromatic carbocycles. The van der Waals surface area contributed by atoms with Crippen LogP contribution in [0.4, 0.5) is 11.9 Å². The molecular weight excluding hydrogens is 596 g/mol. The number of amides is 1. The molecule has 0 spiro atoms. The molecule has 1 fully saturated rings. The number of quaternary nitrogens is 1. The van der Waals surface area contributed by atoms with Gasteiger partial charge in [0.15, 0.2) is 0 Å². The van der Waals surface area contributed by atoms with E-state index in [4.69, 9.17) is 29.9 Å². The first-order valence-electron chi connectivity index (χ1n) is 17.4. The van der Waals surface area contributed by atoms with Crippen LogP contribution in [0.5, 0.6) is 0 Å². The van der Waals surface area contributed by atoms with Gasteiger partial charge in [-0.25, -0.2) is 0 Å². The van der Waals surface area contributed by atoms with Crippen LogP contribution < -0.4 is 15.1 Å². The maximum Gasteiger partial charge on any atom is 0.500 e. The van der Waals surface area contributed by atoms with Crippen molar-refractivity contribution in [1.29, 1.82) is 0 Å². The van der Waals surface area contributed by atoms with Crippen molar-refractivity contribution < 1.29 is 18.1 Å². The molecule has 0 saturated carbocycles. The Balaban J connectivity index is 1.64. The maximum absolute atomic E-state index is 12.3. The van der Waals surface area contributed by atoms with E-state index in [9.17, 15) is 4.79 Å². The van der Waals surface area contributed by atoms with Gasteiger partial charge in [-0.15, -0.1) is 9.97 Å². The zero-order valence-electron chi connectivity index (χ0n) is 28.3.